The summed E-state index contributed by atoms with van der Waals surface area (Å²) in [7, 11) is -3.92. The van der Waals surface area contributed by atoms with Gasteiger partial charge in [-0.2, -0.15) is 5.26 Å². The van der Waals surface area contributed by atoms with Gasteiger partial charge >= 0.3 is 5.97 Å². The van der Waals surface area contributed by atoms with Gasteiger partial charge in [0.05, 0.1) is 27.8 Å². The molecule has 1 amide bonds. The van der Waals surface area contributed by atoms with E-state index in [2.05, 4.69) is 15.8 Å². The summed E-state index contributed by atoms with van der Waals surface area (Å²) in [6.45, 7) is 5.99. The Hall–Kier alpha value is -3.45. The first-order chi connectivity index (χ1) is 15.6. The van der Waals surface area contributed by atoms with Gasteiger partial charge in [-0.1, -0.05) is 18.2 Å². The van der Waals surface area contributed by atoms with Crippen molar-refractivity contribution in [2.24, 2.45) is 5.92 Å². The lowest BCUT2D eigenvalue weighted by Gasteiger charge is -2.32. The predicted octanol–water partition coefficient (Wildman–Crippen LogP) is 2.55. The van der Waals surface area contributed by atoms with Gasteiger partial charge in [0.1, 0.15) is 11.9 Å². The Morgan fingerprint density at radius 3 is 2.42 bits per heavy atom. The number of sulfonamides is 1. The van der Waals surface area contributed by atoms with Crippen LogP contribution in [0.5, 0.6) is 0 Å². The van der Waals surface area contributed by atoms with E-state index in [-0.39, 0.29) is 22.1 Å². The highest BCUT2D eigenvalue weighted by atomic mass is 32.2. The van der Waals surface area contributed by atoms with Gasteiger partial charge in [0.15, 0.2) is 0 Å². The van der Waals surface area contributed by atoms with Crippen molar-refractivity contribution < 1.29 is 22.7 Å². The summed E-state index contributed by atoms with van der Waals surface area (Å²) in [5.41, 5.74) is 0.929. The molecule has 0 radical (unpaired) electrons. The zero-order valence-corrected chi connectivity index (χ0v) is 19.6. The third kappa shape index (κ3) is 5.68. The maximum Gasteiger partial charge on any atom is 0.340 e. The van der Waals surface area contributed by atoms with Crippen LogP contribution >= 0.6 is 0 Å². The highest BCUT2D eigenvalue weighted by Crippen LogP contribution is 2.27. The molecule has 174 valence electrons. The zero-order valence-electron chi connectivity index (χ0n) is 18.7. The molecule has 0 spiro atoms. The van der Waals surface area contributed by atoms with E-state index >= 15 is 0 Å². The van der Waals surface area contributed by atoms with Crippen LogP contribution < -0.4 is 9.62 Å². The van der Waals surface area contributed by atoms with Crippen molar-refractivity contribution in [1.82, 2.24) is 9.71 Å². The molecule has 1 fully saturated rings. The first-order valence-corrected chi connectivity index (χ1v) is 12.1. The second-order valence-corrected chi connectivity index (χ2v) is 9.78. The molecule has 9 nitrogen and oxygen atoms in total. The Bertz CT molecular complexity index is 1180. The minimum atomic E-state index is -3.92. The molecule has 3 rings (SSSR count). The number of amides is 1. The normalized spacial score (nSPS) is 14.6. The van der Waals surface area contributed by atoms with E-state index in [9.17, 15) is 23.3 Å². The molecular weight excluding hydrogens is 444 g/mol. The van der Waals surface area contributed by atoms with E-state index in [1.54, 1.807) is 39.0 Å². The molecule has 1 N–H and O–H groups in total. The average Bonchev–Trinajstić information content (AvgIpc) is 2.78. The second kappa shape index (κ2) is 10.0. The number of pyridine rings is 1. The fraction of sp³-hybridized carbons (Fsp3) is 0.391. The molecule has 33 heavy (non-hydrogen) atoms. The molecular formula is C23H26N4O5S. The van der Waals surface area contributed by atoms with Crippen LogP contribution in [0.4, 0.5) is 5.82 Å². The van der Waals surface area contributed by atoms with Crippen LogP contribution in [0.2, 0.25) is 0 Å². The molecule has 1 saturated heterocycles. The first kappa shape index (κ1) is 24.2. The lowest BCUT2D eigenvalue weighted by atomic mass is 9.96. The molecule has 0 bridgehead atoms. The molecule has 1 aliphatic heterocycles. The number of carbonyl (C=O) groups excluding carboxylic acids is 2. The Morgan fingerprint density at radius 2 is 1.85 bits per heavy atom. The molecule has 1 aliphatic rings. The third-order valence-corrected chi connectivity index (χ3v) is 6.69. The molecule has 2 heterocycles. The van der Waals surface area contributed by atoms with Crippen molar-refractivity contribution in [2.75, 3.05) is 18.0 Å². The number of rotatable bonds is 6. The number of carbonyl (C=O) groups is 2. The van der Waals surface area contributed by atoms with E-state index in [0.717, 1.165) is 0 Å². The number of hydrogen-bond acceptors (Lipinski definition) is 8. The van der Waals surface area contributed by atoms with Crippen LogP contribution in [0.3, 0.4) is 0 Å². The van der Waals surface area contributed by atoms with Crippen molar-refractivity contribution in [3.05, 3.63) is 53.2 Å². The number of nitrogens with zero attached hydrogens (tertiary/aromatic N) is 3. The summed E-state index contributed by atoms with van der Waals surface area (Å²) < 4.78 is 32.2. The highest BCUT2D eigenvalue weighted by Gasteiger charge is 2.30. The van der Waals surface area contributed by atoms with E-state index < -0.39 is 27.8 Å². The molecule has 0 aliphatic carbocycles. The molecule has 0 unspecified atom stereocenters. The van der Waals surface area contributed by atoms with Crippen molar-refractivity contribution in [3.63, 3.8) is 0 Å². The van der Waals surface area contributed by atoms with E-state index in [4.69, 9.17) is 4.74 Å². The van der Waals surface area contributed by atoms with Crippen molar-refractivity contribution in [2.45, 2.75) is 44.6 Å². The SMILES string of the molecule is Cc1nc(N2CCC(C(=O)NS(=O)(=O)c3ccccc3)CC2)c(C#N)cc1C(=O)OC(C)C. The van der Waals surface area contributed by atoms with Crippen LogP contribution in [0.25, 0.3) is 0 Å². The number of nitriles is 1. The summed E-state index contributed by atoms with van der Waals surface area (Å²) >= 11 is 0. The number of esters is 1. The number of aromatic nitrogens is 1. The highest BCUT2D eigenvalue weighted by molar-refractivity contribution is 7.90. The van der Waals surface area contributed by atoms with Crippen molar-refractivity contribution >= 4 is 27.7 Å². The average molecular weight is 471 g/mol. The van der Waals surface area contributed by atoms with Gasteiger partial charge in [-0.05, 0) is 51.8 Å². The molecule has 0 atom stereocenters. The van der Waals surface area contributed by atoms with Gasteiger partial charge in [-0.25, -0.2) is 22.9 Å². The second-order valence-electron chi connectivity index (χ2n) is 8.10. The number of ether oxygens (including phenoxy) is 1. The lowest BCUT2D eigenvalue weighted by Crippen LogP contribution is -2.42. The third-order valence-electron chi connectivity index (χ3n) is 5.33. The maximum absolute atomic E-state index is 12.6. The Kier molecular flexibility index (Phi) is 7.33. The van der Waals surface area contributed by atoms with Crippen LogP contribution in [0, 0.1) is 24.2 Å². The first-order valence-electron chi connectivity index (χ1n) is 10.6. The molecule has 10 heteroatoms. The van der Waals surface area contributed by atoms with Crippen LogP contribution in [0.15, 0.2) is 41.3 Å². The van der Waals surface area contributed by atoms with Gasteiger partial charge in [0, 0.05) is 19.0 Å². The van der Waals surface area contributed by atoms with Gasteiger partial charge in [-0.15, -0.1) is 0 Å². The molecule has 1 aromatic heterocycles. The zero-order chi connectivity index (χ0) is 24.2. The number of benzene rings is 1. The van der Waals surface area contributed by atoms with Gasteiger partial charge in [-0.3, -0.25) is 4.79 Å². The van der Waals surface area contributed by atoms with Crippen molar-refractivity contribution in [3.8, 4) is 6.07 Å². The summed E-state index contributed by atoms with van der Waals surface area (Å²) in [6, 6.07) is 11.3. The fourth-order valence-corrected chi connectivity index (χ4v) is 4.69. The van der Waals surface area contributed by atoms with E-state index in [1.165, 1.54) is 18.2 Å². The van der Waals surface area contributed by atoms with E-state index in [1.807, 2.05) is 4.90 Å². The number of piperidine rings is 1. The number of hydrogen-bond donors (Lipinski definition) is 1. The van der Waals surface area contributed by atoms with Gasteiger partial charge in [0.25, 0.3) is 10.0 Å². The standard InChI is InChI=1S/C23H26N4O5S/c1-15(2)32-23(29)20-13-18(14-24)21(25-16(20)3)27-11-9-17(10-12-27)22(28)26-33(30,31)19-7-5-4-6-8-19/h4-8,13,15,17H,9-12H2,1-3H3,(H,26,28). The monoisotopic (exact) mass is 470 g/mol. The predicted molar refractivity (Wildman–Crippen MR) is 121 cm³/mol. The van der Waals surface area contributed by atoms with Gasteiger partial charge in [0.2, 0.25) is 5.91 Å². The Balaban J connectivity index is 1.69. The summed E-state index contributed by atoms with van der Waals surface area (Å²) in [6.07, 6.45) is 0.510. The largest absolute Gasteiger partial charge is 0.459 e. The quantitative estimate of drug-likeness (QED) is 0.638. The number of anilines is 1. The van der Waals surface area contributed by atoms with Crippen LogP contribution in [-0.4, -0.2) is 44.5 Å². The van der Waals surface area contributed by atoms with Crippen LogP contribution in [0.1, 0.15) is 48.3 Å². The minimum absolute atomic E-state index is 0.0326. The van der Waals surface area contributed by atoms with Crippen molar-refractivity contribution in [1.29, 1.82) is 5.26 Å². The summed E-state index contributed by atoms with van der Waals surface area (Å²) in [5.74, 6) is -1.12. The Labute approximate surface area is 193 Å². The van der Waals surface area contributed by atoms with Crippen LogP contribution in [-0.2, 0) is 19.6 Å². The topological polar surface area (TPSA) is 129 Å². The summed E-state index contributed by atoms with van der Waals surface area (Å²) in [4.78, 5) is 31.3. The minimum Gasteiger partial charge on any atom is -0.459 e. The maximum atomic E-state index is 12.6. The number of aryl methyl sites for hydroxylation is 1. The lowest BCUT2D eigenvalue weighted by molar-refractivity contribution is -0.123. The molecule has 0 saturated carbocycles. The van der Waals surface area contributed by atoms with E-state index in [0.29, 0.717) is 37.4 Å². The van der Waals surface area contributed by atoms with Gasteiger partial charge < -0.3 is 9.64 Å². The smallest absolute Gasteiger partial charge is 0.340 e. The number of nitrogens with one attached hydrogen (secondary N) is 1. The molecule has 1 aromatic carbocycles. The Morgan fingerprint density at radius 1 is 1.21 bits per heavy atom. The fourth-order valence-electron chi connectivity index (χ4n) is 3.63. The molecule has 2 aromatic rings. The summed E-state index contributed by atoms with van der Waals surface area (Å²) in [5, 5.41) is 9.60.